The molecule has 2 N–H and O–H groups in total. The van der Waals surface area contributed by atoms with Crippen LogP contribution in [0.3, 0.4) is 0 Å². The quantitative estimate of drug-likeness (QED) is 0.870. The SMILES string of the molecule is Cc1c(-n2c(O)c(CO)n(C)c2=O)ccc(C#N)c1Cl. The predicted octanol–water partition coefficient (Wildman–Crippen LogP) is 1.21. The Morgan fingerprint density at radius 1 is 1.45 bits per heavy atom. The van der Waals surface area contributed by atoms with Gasteiger partial charge in [-0.25, -0.2) is 9.36 Å². The van der Waals surface area contributed by atoms with Crippen molar-refractivity contribution >= 4 is 11.6 Å². The predicted molar refractivity (Wildman–Crippen MR) is 73.1 cm³/mol. The van der Waals surface area contributed by atoms with Crippen LogP contribution in [0.5, 0.6) is 5.88 Å². The number of nitriles is 1. The molecular formula is C13H12ClN3O3. The van der Waals surface area contributed by atoms with Gasteiger partial charge in [-0.05, 0) is 24.6 Å². The van der Waals surface area contributed by atoms with E-state index in [1.165, 1.54) is 19.2 Å². The average molecular weight is 294 g/mol. The van der Waals surface area contributed by atoms with Crippen molar-refractivity contribution in [3.63, 3.8) is 0 Å². The molecule has 2 aromatic rings. The maximum absolute atomic E-state index is 12.1. The van der Waals surface area contributed by atoms with E-state index in [1.54, 1.807) is 6.92 Å². The number of hydrogen-bond acceptors (Lipinski definition) is 4. The fourth-order valence-corrected chi connectivity index (χ4v) is 2.23. The van der Waals surface area contributed by atoms with Crippen molar-refractivity contribution in [2.75, 3.05) is 0 Å². The maximum Gasteiger partial charge on any atom is 0.335 e. The second-order valence-corrected chi connectivity index (χ2v) is 4.67. The summed E-state index contributed by atoms with van der Waals surface area (Å²) in [6.45, 7) is 1.18. The average Bonchev–Trinajstić information content (AvgIpc) is 2.64. The van der Waals surface area contributed by atoms with E-state index in [2.05, 4.69) is 0 Å². The first-order chi connectivity index (χ1) is 9.43. The Kier molecular flexibility index (Phi) is 3.57. The first-order valence-electron chi connectivity index (χ1n) is 5.74. The van der Waals surface area contributed by atoms with Crippen LogP contribution in [-0.4, -0.2) is 19.3 Å². The van der Waals surface area contributed by atoms with E-state index < -0.39 is 12.3 Å². The molecule has 0 radical (unpaired) electrons. The zero-order valence-corrected chi connectivity index (χ0v) is 11.6. The fraction of sp³-hybridized carbons (Fsp3) is 0.231. The van der Waals surface area contributed by atoms with Gasteiger partial charge < -0.3 is 10.2 Å². The molecule has 0 fully saturated rings. The smallest absolute Gasteiger partial charge is 0.335 e. The second kappa shape index (κ2) is 5.04. The molecular weight excluding hydrogens is 282 g/mol. The molecule has 0 aliphatic carbocycles. The highest BCUT2D eigenvalue weighted by Crippen LogP contribution is 2.28. The first-order valence-corrected chi connectivity index (χ1v) is 6.11. The number of rotatable bonds is 2. The molecule has 2 rings (SSSR count). The molecule has 0 aliphatic heterocycles. The van der Waals surface area contributed by atoms with Crippen molar-refractivity contribution in [2.45, 2.75) is 13.5 Å². The lowest BCUT2D eigenvalue weighted by atomic mass is 10.1. The normalized spacial score (nSPS) is 10.6. The van der Waals surface area contributed by atoms with Crippen molar-refractivity contribution in [1.29, 1.82) is 5.26 Å². The topological polar surface area (TPSA) is 91.2 Å². The Morgan fingerprint density at radius 2 is 2.10 bits per heavy atom. The van der Waals surface area contributed by atoms with Crippen LogP contribution in [0.1, 0.15) is 16.8 Å². The van der Waals surface area contributed by atoms with Crippen LogP contribution in [-0.2, 0) is 13.7 Å². The second-order valence-electron chi connectivity index (χ2n) is 4.29. The summed E-state index contributed by atoms with van der Waals surface area (Å²) in [5, 5.41) is 28.4. The number of aromatic nitrogens is 2. The number of benzene rings is 1. The standard InChI is InChI=1S/C13H12ClN3O3/c1-7-9(4-3-8(5-15)11(7)14)17-12(19)10(6-18)16(2)13(17)20/h3-4,18-19H,6H2,1-2H3. The van der Waals surface area contributed by atoms with Gasteiger partial charge in [-0.2, -0.15) is 5.26 Å². The zero-order valence-electron chi connectivity index (χ0n) is 10.9. The highest BCUT2D eigenvalue weighted by molar-refractivity contribution is 6.32. The molecule has 1 aromatic carbocycles. The molecule has 0 saturated heterocycles. The van der Waals surface area contributed by atoms with Gasteiger partial charge >= 0.3 is 5.69 Å². The van der Waals surface area contributed by atoms with Gasteiger partial charge in [0, 0.05) is 7.05 Å². The van der Waals surface area contributed by atoms with Crippen LogP contribution in [0.15, 0.2) is 16.9 Å². The Balaban J connectivity index is 2.81. The van der Waals surface area contributed by atoms with Gasteiger partial charge in [0.25, 0.3) is 0 Å². The number of imidazole rings is 1. The Hall–Kier alpha value is -2.23. The number of nitrogens with zero attached hydrogens (tertiary/aromatic N) is 3. The molecule has 0 spiro atoms. The molecule has 1 aromatic heterocycles. The van der Waals surface area contributed by atoms with Crippen LogP contribution in [0.2, 0.25) is 5.02 Å². The minimum atomic E-state index is -0.504. The molecule has 6 nitrogen and oxygen atoms in total. The lowest BCUT2D eigenvalue weighted by Crippen LogP contribution is -2.22. The minimum Gasteiger partial charge on any atom is -0.493 e. The van der Waals surface area contributed by atoms with Crippen molar-refractivity contribution in [1.82, 2.24) is 9.13 Å². The molecule has 0 saturated carbocycles. The lowest BCUT2D eigenvalue weighted by Gasteiger charge is -2.09. The molecule has 7 heteroatoms. The largest absolute Gasteiger partial charge is 0.493 e. The van der Waals surface area contributed by atoms with Crippen molar-refractivity contribution in [3.8, 4) is 17.6 Å². The van der Waals surface area contributed by atoms with Crippen LogP contribution >= 0.6 is 11.6 Å². The van der Waals surface area contributed by atoms with Crippen molar-refractivity contribution < 1.29 is 10.2 Å². The summed E-state index contributed by atoms with van der Waals surface area (Å²) in [7, 11) is 1.45. The van der Waals surface area contributed by atoms with E-state index in [0.29, 0.717) is 16.8 Å². The van der Waals surface area contributed by atoms with Crippen molar-refractivity contribution in [2.24, 2.45) is 7.05 Å². The van der Waals surface area contributed by atoms with Gasteiger partial charge in [-0.1, -0.05) is 11.6 Å². The molecule has 0 unspecified atom stereocenters. The van der Waals surface area contributed by atoms with Crippen LogP contribution in [0, 0.1) is 18.3 Å². The molecule has 1 heterocycles. The van der Waals surface area contributed by atoms with Gasteiger partial charge in [0.1, 0.15) is 11.8 Å². The number of halogens is 1. The summed E-state index contributed by atoms with van der Waals surface area (Å²) in [5.74, 6) is -0.344. The minimum absolute atomic E-state index is 0.106. The summed E-state index contributed by atoms with van der Waals surface area (Å²) in [5.41, 5.74) is 0.758. The van der Waals surface area contributed by atoms with E-state index in [4.69, 9.17) is 16.9 Å². The highest BCUT2D eigenvalue weighted by atomic mass is 35.5. The van der Waals surface area contributed by atoms with Gasteiger partial charge in [-0.3, -0.25) is 4.57 Å². The monoisotopic (exact) mass is 293 g/mol. The number of aliphatic hydroxyl groups excluding tert-OH is 1. The Morgan fingerprint density at radius 3 is 2.60 bits per heavy atom. The number of aliphatic hydroxyl groups is 1. The van der Waals surface area contributed by atoms with Gasteiger partial charge in [0.15, 0.2) is 0 Å². The molecule has 104 valence electrons. The number of hydrogen-bond donors (Lipinski definition) is 2. The summed E-state index contributed by atoms with van der Waals surface area (Å²) in [4.78, 5) is 12.1. The Bertz CT molecular complexity index is 784. The third-order valence-electron chi connectivity index (χ3n) is 3.22. The molecule has 0 amide bonds. The molecule has 0 atom stereocenters. The Labute approximate surface area is 119 Å². The van der Waals surface area contributed by atoms with Crippen LogP contribution in [0.4, 0.5) is 0 Å². The van der Waals surface area contributed by atoms with Crippen LogP contribution in [0.25, 0.3) is 5.69 Å². The van der Waals surface area contributed by atoms with E-state index >= 15 is 0 Å². The lowest BCUT2D eigenvalue weighted by molar-refractivity contribution is 0.265. The van der Waals surface area contributed by atoms with Gasteiger partial charge in [0.05, 0.1) is 22.9 Å². The summed E-state index contributed by atoms with van der Waals surface area (Å²) in [6, 6.07) is 4.95. The van der Waals surface area contributed by atoms with E-state index in [1.807, 2.05) is 6.07 Å². The molecule has 0 bridgehead atoms. The highest BCUT2D eigenvalue weighted by Gasteiger charge is 2.20. The maximum atomic E-state index is 12.1. The van der Waals surface area contributed by atoms with Crippen LogP contribution < -0.4 is 5.69 Å². The fourth-order valence-electron chi connectivity index (χ4n) is 2.03. The van der Waals surface area contributed by atoms with Crippen molar-refractivity contribution in [3.05, 3.63) is 44.5 Å². The summed E-state index contributed by atoms with van der Waals surface area (Å²) in [6.07, 6.45) is 0. The summed E-state index contributed by atoms with van der Waals surface area (Å²) < 4.78 is 2.20. The van der Waals surface area contributed by atoms with Gasteiger partial charge in [0.2, 0.25) is 5.88 Å². The third kappa shape index (κ3) is 1.88. The molecule has 0 aliphatic rings. The van der Waals surface area contributed by atoms with E-state index in [-0.39, 0.29) is 16.6 Å². The first kappa shape index (κ1) is 14.2. The van der Waals surface area contributed by atoms with E-state index in [0.717, 1.165) is 9.13 Å². The zero-order chi connectivity index (χ0) is 15.0. The third-order valence-corrected chi connectivity index (χ3v) is 3.71. The van der Waals surface area contributed by atoms with E-state index in [9.17, 15) is 15.0 Å². The molecule has 20 heavy (non-hydrogen) atoms. The number of aromatic hydroxyl groups is 1. The van der Waals surface area contributed by atoms with Gasteiger partial charge in [-0.15, -0.1) is 0 Å². The summed E-state index contributed by atoms with van der Waals surface area (Å²) >= 11 is 6.06.